The maximum Gasteiger partial charge on any atom is 0.251 e. The molecular weight excluding hydrogens is 362 g/mol. The van der Waals surface area contributed by atoms with Crippen molar-refractivity contribution in [3.05, 3.63) is 76.8 Å². The van der Waals surface area contributed by atoms with Gasteiger partial charge in [0, 0.05) is 36.5 Å². The number of fused-ring (bicyclic) bond motifs is 1. The smallest absolute Gasteiger partial charge is 0.251 e. The molecule has 0 spiro atoms. The zero-order valence-corrected chi connectivity index (χ0v) is 17.1. The van der Waals surface area contributed by atoms with Crippen molar-refractivity contribution >= 4 is 28.2 Å². The molecule has 1 amide bonds. The van der Waals surface area contributed by atoms with Crippen LogP contribution in [0.1, 0.15) is 39.8 Å². The first-order valence-corrected chi connectivity index (χ1v) is 9.76. The topological polar surface area (TPSA) is 71.0 Å². The van der Waals surface area contributed by atoms with Gasteiger partial charge in [0.15, 0.2) is 0 Å². The largest absolute Gasteiger partial charge is 0.355 e. The van der Waals surface area contributed by atoms with Crippen molar-refractivity contribution in [3.63, 3.8) is 0 Å². The zero-order chi connectivity index (χ0) is 20.5. The summed E-state index contributed by atoms with van der Waals surface area (Å²) in [4.78, 5) is 17.0. The highest BCUT2D eigenvalue weighted by atomic mass is 16.1. The van der Waals surface area contributed by atoms with E-state index in [0.29, 0.717) is 5.56 Å². The Bertz CT molecular complexity index is 1170. The fourth-order valence-electron chi connectivity index (χ4n) is 3.82. The van der Waals surface area contributed by atoms with Crippen molar-refractivity contribution < 1.29 is 4.79 Å². The Labute approximate surface area is 170 Å². The molecule has 6 heteroatoms. The van der Waals surface area contributed by atoms with Crippen LogP contribution in [-0.2, 0) is 6.54 Å². The first-order valence-electron chi connectivity index (χ1n) is 9.76. The maximum absolute atomic E-state index is 12.0. The van der Waals surface area contributed by atoms with E-state index in [1.165, 1.54) is 11.1 Å². The number of nitrogens with zero attached hydrogens (tertiary/aromatic N) is 2. The SMILES string of the molecule is CCn1c(C2=C(c3ccc(C)cc3C)NNC=C2)nc2cc(C(=O)NC)ccc21. The highest BCUT2D eigenvalue weighted by Crippen LogP contribution is 2.31. The second kappa shape index (κ2) is 7.47. The van der Waals surface area contributed by atoms with Gasteiger partial charge in [0.1, 0.15) is 5.82 Å². The minimum atomic E-state index is -0.113. The molecule has 6 nitrogen and oxygen atoms in total. The summed E-state index contributed by atoms with van der Waals surface area (Å²) in [7, 11) is 1.63. The molecule has 0 atom stereocenters. The van der Waals surface area contributed by atoms with E-state index in [9.17, 15) is 4.79 Å². The second-order valence-corrected chi connectivity index (χ2v) is 7.17. The first kappa shape index (κ1) is 18.8. The number of imidazole rings is 1. The number of hydrogen-bond donors (Lipinski definition) is 3. The van der Waals surface area contributed by atoms with E-state index in [1.807, 2.05) is 30.5 Å². The predicted molar refractivity (Wildman–Crippen MR) is 117 cm³/mol. The number of carbonyl (C=O) groups excluding carboxylic acids is 1. The number of aromatic nitrogens is 2. The quantitative estimate of drug-likeness (QED) is 0.641. The van der Waals surface area contributed by atoms with E-state index in [2.05, 4.69) is 59.7 Å². The van der Waals surface area contributed by atoms with Crippen molar-refractivity contribution in [2.45, 2.75) is 27.3 Å². The van der Waals surface area contributed by atoms with E-state index in [0.717, 1.165) is 40.2 Å². The number of hydrazine groups is 1. The van der Waals surface area contributed by atoms with Crippen LogP contribution >= 0.6 is 0 Å². The summed E-state index contributed by atoms with van der Waals surface area (Å²) < 4.78 is 2.18. The predicted octanol–water partition coefficient (Wildman–Crippen LogP) is 3.52. The van der Waals surface area contributed by atoms with Crippen LogP contribution in [-0.4, -0.2) is 22.5 Å². The summed E-state index contributed by atoms with van der Waals surface area (Å²) in [6.45, 7) is 7.09. The van der Waals surface area contributed by atoms with Gasteiger partial charge in [-0.25, -0.2) is 4.98 Å². The molecule has 3 N–H and O–H groups in total. The van der Waals surface area contributed by atoms with Gasteiger partial charge in [-0.3, -0.25) is 4.79 Å². The van der Waals surface area contributed by atoms with Gasteiger partial charge in [0.05, 0.1) is 16.7 Å². The number of rotatable bonds is 4. The van der Waals surface area contributed by atoms with E-state index in [1.54, 1.807) is 7.05 Å². The van der Waals surface area contributed by atoms with Crippen molar-refractivity contribution in [3.8, 4) is 0 Å². The lowest BCUT2D eigenvalue weighted by molar-refractivity contribution is 0.0963. The van der Waals surface area contributed by atoms with Crippen LogP contribution in [0.15, 0.2) is 48.7 Å². The van der Waals surface area contributed by atoms with Gasteiger partial charge in [-0.2, -0.15) is 0 Å². The molecular formula is C23H25N5O. The van der Waals surface area contributed by atoms with E-state index < -0.39 is 0 Å². The molecule has 4 rings (SSSR count). The lowest BCUT2D eigenvalue weighted by Crippen LogP contribution is -2.29. The van der Waals surface area contributed by atoms with Crippen LogP contribution in [0.4, 0.5) is 0 Å². The van der Waals surface area contributed by atoms with Gasteiger partial charge in [-0.1, -0.05) is 23.8 Å². The summed E-state index contributed by atoms with van der Waals surface area (Å²) in [6.07, 6.45) is 3.91. The third-order valence-corrected chi connectivity index (χ3v) is 5.25. The fraction of sp³-hybridized carbons (Fsp3) is 0.217. The third-order valence-electron chi connectivity index (χ3n) is 5.25. The number of nitrogens with one attached hydrogen (secondary N) is 3. The molecule has 0 saturated carbocycles. The number of benzene rings is 2. The van der Waals surface area contributed by atoms with Crippen LogP contribution in [0.2, 0.25) is 0 Å². The minimum absolute atomic E-state index is 0.113. The van der Waals surface area contributed by atoms with E-state index in [-0.39, 0.29) is 5.91 Å². The Morgan fingerprint density at radius 1 is 1.17 bits per heavy atom. The van der Waals surface area contributed by atoms with Crippen LogP contribution < -0.4 is 16.2 Å². The summed E-state index contributed by atoms with van der Waals surface area (Å²) >= 11 is 0. The Morgan fingerprint density at radius 3 is 2.72 bits per heavy atom. The summed E-state index contributed by atoms with van der Waals surface area (Å²) in [5.41, 5.74) is 14.4. The lowest BCUT2D eigenvalue weighted by Gasteiger charge is -2.21. The van der Waals surface area contributed by atoms with Crippen LogP contribution in [0, 0.1) is 13.8 Å². The molecule has 2 heterocycles. The zero-order valence-electron chi connectivity index (χ0n) is 17.1. The molecule has 0 radical (unpaired) electrons. The number of carbonyl (C=O) groups is 1. The van der Waals surface area contributed by atoms with Gasteiger partial charge in [0.2, 0.25) is 0 Å². The molecule has 0 saturated heterocycles. The standard InChI is InChI=1S/C23H25N5O/c1-5-28-20-9-7-16(23(29)24-4)13-19(20)26-22(28)18-10-11-25-27-21(18)17-8-6-14(2)12-15(17)3/h6-13,25,27H,5H2,1-4H3,(H,24,29). The summed E-state index contributed by atoms with van der Waals surface area (Å²) in [5, 5.41) is 2.67. The molecule has 0 bridgehead atoms. The molecule has 148 valence electrons. The Hall–Kier alpha value is -3.54. The van der Waals surface area contributed by atoms with Gasteiger partial charge in [0.25, 0.3) is 5.91 Å². The molecule has 0 unspecified atom stereocenters. The van der Waals surface area contributed by atoms with Crippen LogP contribution in [0.3, 0.4) is 0 Å². The molecule has 1 aliphatic rings. The Morgan fingerprint density at radius 2 is 2.00 bits per heavy atom. The molecule has 29 heavy (non-hydrogen) atoms. The molecule has 0 aliphatic carbocycles. The van der Waals surface area contributed by atoms with Crippen LogP contribution in [0.5, 0.6) is 0 Å². The Balaban J connectivity index is 1.94. The first-order chi connectivity index (χ1) is 14.0. The van der Waals surface area contributed by atoms with Crippen LogP contribution in [0.25, 0.3) is 22.3 Å². The molecule has 3 aromatic rings. The third kappa shape index (κ3) is 3.27. The lowest BCUT2D eigenvalue weighted by atomic mass is 9.99. The molecule has 0 fully saturated rings. The van der Waals surface area contributed by atoms with Crippen molar-refractivity contribution in [1.29, 1.82) is 0 Å². The van der Waals surface area contributed by atoms with Crippen molar-refractivity contribution in [2.24, 2.45) is 0 Å². The van der Waals surface area contributed by atoms with E-state index >= 15 is 0 Å². The van der Waals surface area contributed by atoms with Gasteiger partial charge in [-0.15, -0.1) is 0 Å². The number of hydrogen-bond acceptors (Lipinski definition) is 4. The minimum Gasteiger partial charge on any atom is -0.355 e. The molecule has 2 aromatic carbocycles. The molecule has 1 aliphatic heterocycles. The average molecular weight is 387 g/mol. The summed E-state index contributed by atoms with van der Waals surface area (Å²) in [5.74, 6) is 0.759. The maximum atomic E-state index is 12.0. The fourth-order valence-corrected chi connectivity index (χ4v) is 3.82. The monoisotopic (exact) mass is 387 g/mol. The number of amides is 1. The van der Waals surface area contributed by atoms with Gasteiger partial charge in [-0.05, 0) is 50.6 Å². The highest BCUT2D eigenvalue weighted by Gasteiger charge is 2.20. The van der Waals surface area contributed by atoms with Crippen molar-refractivity contribution in [1.82, 2.24) is 25.7 Å². The normalized spacial score (nSPS) is 13.4. The number of aryl methyl sites for hydroxylation is 3. The second-order valence-electron chi connectivity index (χ2n) is 7.17. The van der Waals surface area contributed by atoms with Crippen molar-refractivity contribution in [2.75, 3.05) is 7.05 Å². The summed E-state index contributed by atoms with van der Waals surface area (Å²) in [6, 6.07) is 12.1. The molecule has 1 aromatic heterocycles. The van der Waals surface area contributed by atoms with Gasteiger partial charge < -0.3 is 20.7 Å². The van der Waals surface area contributed by atoms with E-state index in [4.69, 9.17) is 4.98 Å². The highest BCUT2D eigenvalue weighted by molar-refractivity contribution is 5.99. The van der Waals surface area contributed by atoms with Gasteiger partial charge >= 0.3 is 0 Å². The average Bonchev–Trinajstić information content (AvgIpc) is 3.10. The number of allylic oxidation sites excluding steroid dienone is 2. The Kier molecular flexibility index (Phi) is 4.84.